The van der Waals surface area contributed by atoms with Gasteiger partial charge < -0.3 is 26.4 Å². The van der Waals surface area contributed by atoms with Gasteiger partial charge in [-0.15, -0.1) is 0 Å². The molecule has 1 aliphatic rings. The maximum Gasteiger partial charge on any atom is 0.335 e. The lowest BCUT2D eigenvalue weighted by Crippen LogP contribution is -2.49. The number of likely N-dealkylation sites (N-methyl/N-ethyl adjacent to an activating group) is 1. The van der Waals surface area contributed by atoms with E-state index in [1.165, 1.54) is 18.2 Å². The Bertz CT molecular complexity index is 1060. The van der Waals surface area contributed by atoms with Gasteiger partial charge in [0, 0.05) is 37.8 Å². The summed E-state index contributed by atoms with van der Waals surface area (Å²) in [4.78, 5) is 47.9. The Balaban J connectivity index is 2.02. The number of hydrogen-bond donors (Lipinski definition) is 6. The third-order valence-electron chi connectivity index (χ3n) is 5.13. The molecule has 13 nitrogen and oxygen atoms in total. The number of anilines is 1. The molecule has 1 aromatic rings. The van der Waals surface area contributed by atoms with Gasteiger partial charge in [-0.25, -0.2) is 4.79 Å². The van der Waals surface area contributed by atoms with Gasteiger partial charge in [-0.1, -0.05) is 0 Å². The highest BCUT2D eigenvalue weighted by molar-refractivity contribution is 7.90. The van der Waals surface area contributed by atoms with E-state index in [2.05, 4.69) is 26.0 Å². The number of amides is 3. The Morgan fingerprint density at radius 3 is 2.43 bits per heavy atom. The van der Waals surface area contributed by atoms with Crippen molar-refractivity contribution in [2.75, 3.05) is 37.0 Å². The van der Waals surface area contributed by atoms with Crippen molar-refractivity contribution in [1.29, 1.82) is 0 Å². The lowest BCUT2D eigenvalue weighted by atomic mass is 10.1. The van der Waals surface area contributed by atoms with Crippen molar-refractivity contribution in [3.05, 3.63) is 29.3 Å². The van der Waals surface area contributed by atoms with Crippen LogP contribution >= 0.6 is 0 Å². The SMILES string of the molecule is CCNC(=O)CNC(=O)[C@H](C)NC[C@H](C)NC(=O)c1cc(C(=O)O)cc(N2CCCNS2(=O)=O)c1. The second-order valence-electron chi connectivity index (χ2n) is 8.07. The summed E-state index contributed by atoms with van der Waals surface area (Å²) in [6, 6.07) is 2.60. The largest absolute Gasteiger partial charge is 0.478 e. The average molecular weight is 513 g/mol. The van der Waals surface area contributed by atoms with Crippen LogP contribution in [-0.4, -0.2) is 82.0 Å². The fourth-order valence-electron chi connectivity index (χ4n) is 3.28. The molecule has 0 spiro atoms. The molecule has 1 fully saturated rings. The zero-order chi connectivity index (χ0) is 26.2. The van der Waals surface area contributed by atoms with Gasteiger partial charge >= 0.3 is 16.2 Å². The Morgan fingerprint density at radius 1 is 1.11 bits per heavy atom. The van der Waals surface area contributed by atoms with Gasteiger partial charge in [0.25, 0.3) is 5.91 Å². The lowest BCUT2D eigenvalue weighted by molar-refractivity contribution is -0.127. The summed E-state index contributed by atoms with van der Waals surface area (Å²) in [7, 11) is -3.84. The van der Waals surface area contributed by atoms with E-state index in [4.69, 9.17) is 0 Å². The van der Waals surface area contributed by atoms with Crippen LogP contribution in [0.15, 0.2) is 18.2 Å². The minimum Gasteiger partial charge on any atom is -0.478 e. The summed E-state index contributed by atoms with van der Waals surface area (Å²) in [5, 5.41) is 20.2. The number of benzene rings is 1. The van der Waals surface area contributed by atoms with E-state index in [9.17, 15) is 32.7 Å². The first-order valence-corrected chi connectivity index (χ1v) is 12.6. The maximum absolute atomic E-state index is 12.8. The van der Waals surface area contributed by atoms with Crippen molar-refractivity contribution in [2.45, 2.75) is 39.3 Å². The van der Waals surface area contributed by atoms with Crippen LogP contribution in [0.1, 0.15) is 47.9 Å². The molecule has 0 unspecified atom stereocenters. The molecule has 2 rings (SSSR count). The fraction of sp³-hybridized carbons (Fsp3) is 0.524. The van der Waals surface area contributed by atoms with E-state index in [0.717, 1.165) is 4.31 Å². The van der Waals surface area contributed by atoms with Crippen LogP contribution in [0, 0.1) is 0 Å². The van der Waals surface area contributed by atoms with E-state index < -0.39 is 34.2 Å². The van der Waals surface area contributed by atoms with Crippen molar-refractivity contribution in [3.8, 4) is 0 Å². The van der Waals surface area contributed by atoms with Crippen molar-refractivity contribution >= 4 is 39.6 Å². The molecule has 1 aliphatic heterocycles. The van der Waals surface area contributed by atoms with E-state index in [-0.39, 0.29) is 54.8 Å². The number of hydrogen-bond acceptors (Lipinski definition) is 7. The zero-order valence-corrected chi connectivity index (χ0v) is 20.7. The number of carbonyl (C=O) groups is 4. The number of rotatable bonds is 11. The minimum absolute atomic E-state index is 0.0137. The summed E-state index contributed by atoms with van der Waals surface area (Å²) < 4.78 is 28.1. The molecule has 194 valence electrons. The third-order valence-corrected chi connectivity index (χ3v) is 6.67. The lowest BCUT2D eigenvalue weighted by Gasteiger charge is -2.29. The van der Waals surface area contributed by atoms with Crippen molar-refractivity contribution in [2.24, 2.45) is 0 Å². The zero-order valence-electron chi connectivity index (χ0n) is 19.9. The van der Waals surface area contributed by atoms with Gasteiger partial charge in [0.15, 0.2) is 0 Å². The molecule has 0 aliphatic carbocycles. The quantitative estimate of drug-likeness (QED) is 0.213. The summed E-state index contributed by atoms with van der Waals surface area (Å²) in [6.07, 6.45) is 0.524. The molecule has 3 amide bonds. The van der Waals surface area contributed by atoms with Gasteiger partial charge in [-0.05, 0) is 45.4 Å². The molecular weight excluding hydrogens is 480 g/mol. The number of carboxylic acids is 1. The van der Waals surface area contributed by atoms with E-state index in [0.29, 0.717) is 13.0 Å². The summed E-state index contributed by atoms with van der Waals surface area (Å²) in [5.74, 6) is -2.58. The van der Waals surface area contributed by atoms with Crippen LogP contribution in [0.3, 0.4) is 0 Å². The van der Waals surface area contributed by atoms with Gasteiger partial charge in [0.2, 0.25) is 11.8 Å². The Hall–Kier alpha value is -3.23. The number of nitrogens with zero attached hydrogens (tertiary/aromatic N) is 1. The highest BCUT2D eigenvalue weighted by Gasteiger charge is 2.27. The topological polar surface area (TPSA) is 186 Å². The van der Waals surface area contributed by atoms with Gasteiger partial charge in [0.05, 0.1) is 23.8 Å². The normalized spacial score (nSPS) is 16.6. The van der Waals surface area contributed by atoms with Gasteiger partial charge in [-0.3, -0.25) is 18.7 Å². The number of carboxylic acid groups (broad SMARTS) is 1. The van der Waals surface area contributed by atoms with Crippen molar-refractivity contribution < 1.29 is 32.7 Å². The second-order valence-corrected chi connectivity index (χ2v) is 9.75. The van der Waals surface area contributed by atoms with Crippen LogP contribution in [0.2, 0.25) is 0 Å². The Morgan fingerprint density at radius 2 is 1.80 bits per heavy atom. The molecule has 6 N–H and O–H groups in total. The highest BCUT2D eigenvalue weighted by Crippen LogP contribution is 2.24. The minimum atomic E-state index is -3.84. The fourth-order valence-corrected chi connectivity index (χ4v) is 4.59. The Labute approximate surface area is 204 Å². The summed E-state index contributed by atoms with van der Waals surface area (Å²) >= 11 is 0. The molecule has 35 heavy (non-hydrogen) atoms. The summed E-state index contributed by atoms with van der Waals surface area (Å²) in [5.41, 5.74) is -0.165. The molecule has 2 atom stereocenters. The summed E-state index contributed by atoms with van der Waals surface area (Å²) in [6.45, 7) is 6.01. The first-order chi connectivity index (χ1) is 16.4. The molecular formula is C21H32N6O7S. The molecule has 14 heteroatoms. The van der Waals surface area contributed by atoms with Crippen molar-refractivity contribution in [3.63, 3.8) is 0 Å². The third kappa shape index (κ3) is 8.19. The van der Waals surface area contributed by atoms with Crippen molar-refractivity contribution in [1.82, 2.24) is 26.0 Å². The first-order valence-electron chi connectivity index (χ1n) is 11.2. The standard InChI is InChI=1S/C21H32N6O7S/c1-4-22-18(28)12-24-19(29)14(3)23-11-13(2)26-20(30)15-8-16(21(31)32)10-17(9-15)27-7-5-6-25-35(27,33)34/h8-10,13-14,23,25H,4-7,11-12H2,1-3H3,(H,22,28)(H,24,29)(H,26,30)(H,31,32)/t13-,14-/m0/s1. The number of carbonyl (C=O) groups excluding carboxylic acids is 3. The van der Waals surface area contributed by atoms with Crippen LogP contribution in [-0.2, 0) is 19.8 Å². The van der Waals surface area contributed by atoms with Crippen LogP contribution in [0.5, 0.6) is 0 Å². The maximum atomic E-state index is 12.8. The molecule has 1 heterocycles. The number of nitrogens with one attached hydrogen (secondary N) is 5. The van der Waals surface area contributed by atoms with Crippen LogP contribution in [0.4, 0.5) is 5.69 Å². The first kappa shape index (κ1) is 28.0. The monoisotopic (exact) mass is 512 g/mol. The molecule has 0 radical (unpaired) electrons. The molecule has 1 saturated heterocycles. The van der Waals surface area contributed by atoms with Gasteiger partial charge in [0.1, 0.15) is 0 Å². The van der Waals surface area contributed by atoms with E-state index in [1.54, 1.807) is 20.8 Å². The second kappa shape index (κ2) is 12.5. The molecule has 0 bridgehead atoms. The molecule has 0 aromatic heterocycles. The average Bonchev–Trinajstić information content (AvgIpc) is 2.80. The predicted molar refractivity (Wildman–Crippen MR) is 128 cm³/mol. The Kier molecular flexibility index (Phi) is 9.98. The van der Waals surface area contributed by atoms with Crippen LogP contribution in [0.25, 0.3) is 0 Å². The highest BCUT2D eigenvalue weighted by atomic mass is 32.2. The molecule has 0 saturated carbocycles. The number of aromatic carboxylic acids is 1. The van der Waals surface area contributed by atoms with Gasteiger partial charge in [-0.2, -0.15) is 13.1 Å². The van der Waals surface area contributed by atoms with E-state index >= 15 is 0 Å². The van der Waals surface area contributed by atoms with Crippen LogP contribution < -0.4 is 30.3 Å². The smallest absolute Gasteiger partial charge is 0.335 e. The predicted octanol–water partition coefficient (Wildman–Crippen LogP) is -1.22. The molecule has 1 aromatic carbocycles. The van der Waals surface area contributed by atoms with E-state index in [1.807, 2.05) is 0 Å².